The maximum atomic E-state index is 12.4. The van der Waals surface area contributed by atoms with Gasteiger partial charge in [-0.25, -0.2) is 4.98 Å². The second-order valence-electron chi connectivity index (χ2n) is 8.20. The van der Waals surface area contributed by atoms with Gasteiger partial charge in [0.2, 0.25) is 0 Å². The van der Waals surface area contributed by atoms with Crippen LogP contribution in [-0.2, 0) is 9.53 Å². The molecule has 0 spiro atoms. The SMILES string of the molecule is C[C@H]1OC(=O)[C@@H]2C=C3CCCC[C@H]3[C@H](/C=C/c3ccc4ccccc4n3)[C@H]12. The summed E-state index contributed by atoms with van der Waals surface area (Å²) in [6.45, 7) is 2.05. The molecular weight excluding hydrogens is 334 g/mol. The predicted molar refractivity (Wildman–Crippen MR) is 107 cm³/mol. The van der Waals surface area contributed by atoms with Crippen molar-refractivity contribution in [2.75, 3.05) is 0 Å². The molecule has 3 aliphatic rings. The molecule has 27 heavy (non-hydrogen) atoms. The molecule has 1 saturated carbocycles. The fraction of sp³-hybridized carbons (Fsp3) is 0.417. The number of hydrogen-bond acceptors (Lipinski definition) is 3. The molecular formula is C24H25NO2. The van der Waals surface area contributed by atoms with E-state index >= 15 is 0 Å². The van der Waals surface area contributed by atoms with Gasteiger partial charge in [-0.3, -0.25) is 4.79 Å². The number of carbonyl (C=O) groups is 1. The van der Waals surface area contributed by atoms with Crippen LogP contribution in [0.2, 0.25) is 0 Å². The number of allylic oxidation sites excluding steroid dienone is 2. The van der Waals surface area contributed by atoms with Gasteiger partial charge in [0.15, 0.2) is 0 Å². The lowest BCUT2D eigenvalue weighted by Crippen LogP contribution is -2.37. The molecule has 0 unspecified atom stereocenters. The number of rotatable bonds is 2. The maximum absolute atomic E-state index is 12.4. The van der Waals surface area contributed by atoms with E-state index < -0.39 is 0 Å². The molecule has 138 valence electrons. The summed E-state index contributed by atoms with van der Waals surface area (Å²) >= 11 is 0. The Kier molecular flexibility index (Phi) is 4.11. The molecule has 0 radical (unpaired) electrons. The molecule has 2 aromatic rings. The predicted octanol–water partition coefficient (Wildman–Crippen LogP) is 5.17. The van der Waals surface area contributed by atoms with Gasteiger partial charge in [-0.15, -0.1) is 0 Å². The highest BCUT2D eigenvalue weighted by Gasteiger charge is 2.50. The molecule has 1 saturated heterocycles. The molecule has 5 rings (SSSR count). The van der Waals surface area contributed by atoms with Gasteiger partial charge in [-0.2, -0.15) is 0 Å². The summed E-state index contributed by atoms with van der Waals surface area (Å²) in [7, 11) is 0. The largest absolute Gasteiger partial charge is 0.462 e. The van der Waals surface area contributed by atoms with Crippen LogP contribution in [0.1, 0.15) is 38.3 Å². The molecule has 1 aliphatic heterocycles. The van der Waals surface area contributed by atoms with E-state index in [0.29, 0.717) is 11.8 Å². The summed E-state index contributed by atoms with van der Waals surface area (Å²) in [5, 5.41) is 1.16. The highest BCUT2D eigenvalue weighted by Crippen LogP contribution is 2.50. The number of carbonyl (C=O) groups excluding carboxylic acids is 1. The monoisotopic (exact) mass is 359 g/mol. The highest BCUT2D eigenvalue weighted by molar-refractivity contribution is 5.80. The molecule has 2 heterocycles. The highest BCUT2D eigenvalue weighted by atomic mass is 16.6. The first-order valence-electron chi connectivity index (χ1n) is 10.2. The topological polar surface area (TPSA) is 39.2 Å². The fourth-order valence-corrected chi connectivity index (χ4v) is 5.38. The van der Waals surface area contributed by atoms with Crippen molar-refractivity contribution in [2.24, 2.45) is 23.7 Å². The lowest BCUT2D eigenvalue weighted by Gasteiger charge is -2.40. The van der Waals surface area contributed by atoms with E-state index in [4.69, 9.17) is 9.72 Å². The Hall–Kier alpha value is -2.42. The van der Waals surface area contributed by atoms with Crippen LogP contribution < -0.4 is 0 Å². The summed E-state index contributed by atoms with van der Waals surface area (Å²) in [4.78, 5) is 17.1. The van der Waals surface area contributed by atoms with Crippen molar-refractivity contribution in [2.45, 2.75) is 38.7 Å². The van der Waals surface area contributed by atoms with Gasteiger partial charge in [0, 0.05) is 11.3 Å². The zero-order chi connectivity index (χ0) is 18.4. The van der Waals surface area contributed by atoms with Gasteiger partial charge in [-0.05, 0) is 56.2 Å². The number of cyclic esters (lactones) is 1. The minimum Gasteiger partial charge on any atom is -0.462 e. The zero-order valence-electron chi connectivity index (χ0n) is 15.7. The average Bonchev–Trinajstić information content (AvgIpc) is 2.98. The first-order chi connectivity index (χ1) is 13.2. The molecule has 2 fully saturated rings. The van der Waals surface area contributed by atoms with E-state index in [1.807, 2.05) is 12.1 Å². The van der Waals surface area contributed by atoms with Crippen LogP contribution in [-0.4, -0.2) is 17.1 Å². The average molecular weight is 359 g/mol. The molecule has 3 nitrogen and oxygen atoms in total. The number of fused-ring (bicyclic) bond motifs is 3. The number of ether oxygens (including phenoxy) is 1. The lowest BCUT2D eigenvalue weighted by molar-refractivity contribution is -0.142. The number of hydrogen-bond donors (Lipinski definition) is 0. The van der Waals surface area contributed by atoms with Gasteiger partial charge in [-0.1, -0.05) is 48.4 Å². The molecule has 0 N–H and O–H groups in total. The van der Waals surface area contributed by atoms with Crippen LogP contribution in [0, 0.1) is 23.7 Å². The number of para-hydroxylation sites is 1. The van der Waals surface area contributed by atoms with Crippen LogP contribution in [0.15, 0.2) is 54.1 Å². The molecule has 2 aliphatic carbocycles. The summed E-state index contributed by atoms with van der Waals surface area (Å²) in [5.74, 6) is 1.05. The Morgan fingerprint density at radius 3 is 2.96 bits per heavy atom. The van der Waals surface area contributed by atoms with E-state index in [2.05, 4.69) is 49.4 Å². The van der Waals surface area contributed by atoms with Crippen LogP contribution in [0.3, 0.4) is 0 Å². The third kappa shape index (κ3) is 2.90. The number of pyridine rings is 1. The summed E-state index contributed by atoms with van der Waals surface area (Å²) < 4.78 is 5.62. The summed E-state index contributed by atoms with van der Waals surface area (Å²) in [6.07, 6.45) is 11.6. The van der Waals surface area contributed by atoms with Crippen molar-refractivity contribution < 1.29 is 9.53 Å². The number of nitrogens with zero attached hydrogens (tertiary/aromatic N) is 1. The molecule has 5 atom stereocenters. The number of esters is 1. The molecule has 3 heteroatoms. The van der Waals surface area contributed by atoms with Gasteiger partial charge in [0.1, 0.15) is 6.10 Å². The number of benzene rings is 1. The molecule has 1 aromatic heterocycles. The Labute approximate surface area is 160 Å². The van der Waals surface area contributed by atoms with E-state index in [-0.39, 0.29) is 23.9 Å². The van der Waals surface area contributed by atoms with Crippen LogP contribution >= 0.6 is 0 Å². The zero-order valence-corrected chi connectivity index (χ0v) is 15.7. The minimum atomic E-state index is -0.0661. The van der Waals surface area contributed by atoms with Crippen molar-refractivity contribution in [3.63, 3.8) is 0 Å². The summed E-state index contributed by atoms with van der Waals surface area (Å²) in [5.41, 5.74) is 3.48. The van der Waals surface area contributed by atoms with Crippen molar-refractivity contribution in [3.05, 3.63) is 59.8 Å². The van der Waals surface area contributed by atoms with Gasteiger partial charge in [0.05, 0.1) is 17.1 Å². The normalized spacial score (nSPS) is 32.9. The Morgan fingerprint density at radius 1 is 1.15 bits per heavy atom. The smallest absolute Gasteiger partial charge is 0.313 e. The van der Waals surface area contributed by atoms with Crippen LogP contribution in [0.25, 0.3) is 17.0 Å². The van der Waals surface area contributed by atoms with Gasteiger partial charge in [0.25, 0.3) is 0 Å². The second kappa shape index (κ2) is 6.63. The third-order valence-corrected chi connectivity index (χ3v) is 6.65. The Balaban J connectivity index is 1.50. The molecule has 0 amide bonds. The van der Waals surface area contributed by atoms with Crippen molar-refractivity contribution >= 4 is 22.9 Å². The quantitative estimate of drug-likeness (QED) is 0.548. The third-order valence-electron chi connectivity index (χ3n) is 6.65. The fourth-order valence-electron chi connectivity index (χ4n) is 5.38. The van der Waals surface area contributed by atoms with Crippen LogP contribution in [0.5, 0.6) is 0 Å². The number of aromatic nitrogens is 1. The lowest BCUT2D eigenvalue weighted by atomic mass is 9.62. The first-order valence-corrected chi connectivity index (χ1v) is 10.2. The van der Waals surface area contributed by atoms with Gasteiger partial charge < -0.3 is 4.74 Å². The molecule has 1 aromatic carbocycles. The van der Waals surface area contributed by atoms with E-state index in [1.54, 1.807) is 0 Å². The standard InChI is InChI=1S/C24H25NO2/c1-15-23-20(13-12-18-11-10-16-6-3-5-9-22(16)25-18)19-8-4-2-7-17(19)14-21(23)24(26)27-15/h3,5-6,9-15,19-21,23H,2,4,7-8H2,1H3/b13-12+/t15-,19-,20+,21-,23+/m1/s1. The second-order valence-corrected chi connectivity index (χ2v) is 8.20. The first kappa shape index (κ1) is 16.7. The maximum Gasteiger partial charge on any atom is 0.313 e. The minimum absolute atomic E-state index is 0.0126. The van der Waals surface area contributed by atoms with Crippen LogP contribution in [0.4, 0.5) is 0 Å². The Bertz CT molecular complexity index is 944. The Morgan fingerprint density at radius 2 is 2.04 bits per heavy atom. The van der Waals surface area contributed by atoms with Crippen molar-refractivity contribution in [1.82, 2.24) is 4.98 Å². The van der Waals surface area contributed by atoms with Crippen molar-refractivity contribution in [3.8, 4) is 0 Å². The van der Waals surface area contributed by atoms with Gasteiger partial charge >= 0.3 is 5.97 Å². The van der Waals surface area contributed by atoms with E-state index in [1.165, 1.54) is 24.8 Å². The van der Waals surface area contributed by atoms with E-state index in [0.717, 1.165) is 23.0 Å². The van der Waals surface area contributed by atoms with E-state index in [9.17, 15) is 4.79 Å². The molecule has 0 bridgehead atoms. The summed E-state index contributed by atoms with van der Waals surface area (Å²) in [6, 6.07) is 12.4. The van der Waals surface area contributed by atoms with Crippen molar-refractivity contribution in [1.29, 1.82) is 0 Å².